The first kappa shape index (κ1) is 15.4. The number of aryl methyl sites for hydroxylation is 1. The number of amides is 1. The molecule has 1 atom stereocenters. The lowest BCUT2D eigenvalue weighted by atomic mass is 10.2. The van der Waals surface area contributed by atoms with E-state index in [2.05, 4.69) is 15.5 Å². The summed E-state index contributed by atoms with van der Waals surface area (Å²) in [4.78, 5) is 12.1. The van der Waals surface area contributed by atoms with Crippen LogP contribution in [0.5, 0.6) is 0 Å². The highest BCUT2D eigenvalue weighted by atomic mass is 35.5. The van der Waals surface area contributed by atoms with Crippen molar-refractivity contribution in [3.63, 3.8) is 0 Å². The van der Waals surface area contributed by atoms with Gasteiger partial charge in [0.1, 0.15) is 12.1 Å². The molecule has 5 nitrogen and oxygen atoms in total. The second kappa shape index (κ2) is 6.67. The minimum Gasteiger partial charge on any atom is -0.342 e. The van der Waals surface area contributed by atoms with E-state index in [0.29, 0.717) is 5.82 Å². The Kier molecular flexibility index (Phi) is 4.90. The fourth-order valence-corrected chi connectivity index (χ4v) is 2.26. The van der Waals surface area contributed by atoms with Crippen LogP contribution in [0.15, 0.2) is 24.5 Å². The Morgan fingerprint density at radius 2 is 2.24 bits per heavy atom. The topological polar surface area (TPSA) is 59.8 Å². The molecule has 0 radical (unpaired) electrons. The summed E-state index contributed by atoms with van der Waals surface area (Å²) in [7, 11) is 0. The Morgan fingerprint density at radius 1 is 1.48 bits per heavy atom. The number of benzene rings is 1. The van der Waals surface area contributed by atoms with Crippen molar-refractivity contribution in [2.24, 2.45) is 0 Å². The zero-order chi connectivity index (χ0) is 15.4. The molecule has 2 rings (SSSR count). The first-order valence-electron chi connectivity index (χ1n) is 6.66. The Hall–Kier alpha value is -1.95. The molecule has 112 valence electrons. The van der Waals surface area contributed by atoms with E-state index < -0.39 is 11.7 Å². The highest BCUT2D eigenvalue weighted by Gasteiger charge is 2.17. The highest BCUT2D eigenvalue weighted by molar-refractivity contribution is 6.31. The summed E-state index contributed by atoms with van der Waals surface area (Å²) in [6.45, 7) is 4.62. The van der Waals surface area contributed by atoms with Gasteiger partial charge < -0.3 is 9.88 Å². The third kappa shape index (κ3) is 3.78. The first-order chi connectivity index (χ1) is 10.0. The molecule has 0 spiro atoms. The van der Waals surface area contributed by atoms with Crippen molar-refractivity contribution >= 4 is 17.5 Å². The van der Waals surface area contributed by atoms with Crippen LogP contribution in [0.3, 0.4) is 0 Å². The number of nitrogens with one attached hydrogen (secondary N) is 1. The van der Waals surface area contributed by atoms with Gasteiger partial charge in [-0.15, -0.1) is 10.2 Å². The van der Waals surface area contributed by atoms with Crippen molar-refractivity contribution < 1.29 is 9.18 Å². The Labute approximate surface area is 127 Å². The van der Waals surface area contributed by atoms with Gasteiger partial charge in [-0.1, -0.05) is 18.5 Å². The summed E-state index contributed by atoms with van der Waals surface area (Å²) in [6, 6.07) is 3.38. The minimum absolute atomic E-state index is 0.174. The van der Waals surface area contributed by atoms with Crippen LogP contribution >= 0.6 is 11.6 Å². The average molecular weight is 311 g/mol. The van der Waals surface area contributed by atoms with Gasteiger partial charge in [0.25, 0.3) is 5.91 Å². The van der Waals surface area contributed by atoms with E-state index >= 15 is 0 Å². The van der Waals surface area contributed by atoms with Gasteiger partial charge in [0.2, 0.25) is 0 Å². The normalized spacial score (nSPS) is 12.2. The lowest BCUT2D eigenvalue weighted by Gasteiger charge is -2.14. The highest BCUT2D eigenvalue weighted by Crippen LogP contribution is 2.16. The molecule has 2 aromatic rings. The molecule has 0 bridgehead atoms. The zero-order valence-electron chi connectivity index (χ0n) is 11.8. The molecule has 0 aliphatic carbocycles. The number of hydrogen-bond acceptors (Lipinski definition) is 3. The van der Waals surface area contributed by atoms with Crippen LogP contribution in [0.2, 0.25) is 5.02 Å². The molecule has 0 aliphatic heterocycles. The molecule has 0 saturated carbocycles. The molecule has 1 heterocycles. The van der Waals surface area contributed by atoms with E-state index in [1.165, 1.54) is 6.07 Å². The largest absolute Gasteiger partial charge is 0.342 e. The predicted molar refractivity (Wildman–Crippen MR) is 77.6 cm³/mol. The van der Waals surface area contributed by atoms with Crippen molar-refractivity contribution in [1.29, 1.82) is 0 Å². The van der Waals surface area contributed by atoms with Gasteiger partial charge in [0.05, 0.1) is 6.04 Å². The predicted octanol–water partition coefficient (Wildman–Crippen LogP) is 2.97. The molecular weight excluding hydrogens is 295 g/mol. The van der Waals surface area contributed by atoms with Gasteiger partial charge in [-0.25, -0.2) is 4.39 Å². The summed E-state index contributed by atoms with van der Waals surface area (Å²) >= 11 is 5.75. The number of nitrogens with zero attached hydrogens (tertiary/aromatic N) is 3. The summed E-state index contributed by atoms with van der Waals surface area (Å²) in [6.07, 6.45) is 2.56. The van der Waals surface area contributed by atoms with Crippen molar-refractivity contribution in [1.82, 2.24) is 20.1 Å². The standard InChI is InChI=1S/C14H16ClFN4O/c1-3-4-20-8-17-19-13(20)9(2)18-14(21)10-5-11(15)7-12(16)6-10/h5-9H,3-4H2,1-2H3,(H,18,21). The molecule has 1 aromatic carbocycles. The van der Waals surface area contributed by atoms with Gasteiger partial charge in [-0.05, 0) is 31.5 Å². The number of carbonyl (C=O) groups is 1. The van der Waals surface area contributed by atoms with Gasteiger partial charge in [-0.3, -0.25) is 4.79 Å². The van der Waals surface area contributed by atoms with Crippen LogP contribution in [0.25, 0.3) is 0 Å². The molecule has 1 aromatic heterocycles. The maximum absolute atomic E-state index is 13.3. The number of carbonyl (C=O) groups excluding carboxylic acids is 1. The summed E-state index contributed by atoms with van der Waals surface area (Å²) < 4.78 is 15.2. The van der Waals surface area contributed by atoms with Crippen molar-refractivity contribution in [3.8, 4) is 0 Å². The van der Waals surface area contributed by atoms with Crippen molar-refractivity contribution in [2.45, 2.75) is 32.9 Å². The number of aromatic nitrogens is 3. The molecule has 1 N–H and O–H groups in total. The molecule has 7 heteroatoms. The summed E-state index contributed by atoms with van der Waals surface area (Å²) in [5, 5.41) is 10.8. The minimum atomic E-state index is -0.547. The average Bonchev–Trinajstić information content (AvgIpc) is 2.86. The molecule has 1 amide bonds. The molecule has 0 fully saturated rings. The van der Waals surface area contributed by atoms with Gasteiger partial charge in [0.15, 0.2) is 5.82 Å². The van der Waals surface area contributed by atoms with Gasteiger partial charge >= 0.3 is 0 Å². The van der Waals surface area contributed by atoms with Crippen LogP contribution in [-0.4, -0.2) is 20.7 Å². The monoisotopic (exact) mass is 310 g/mol. The fraction of sp³-hybridized carbons (Fsp3) is 0.357. The lowest BCUT2D eigenvalue weighted by molar-refractivity contribution is 0.0937. The third-order valence-electron chi connectivity index (χ3n) is 2.97. The zero-order valence-corrected chi connectivity index (χ0v) is 12.6. The van der Waals surface area contributed by atoms with E-state index in [-0.39, 0.29) is 16.6 Å². The molecule has 0 aliphatic rings. The quantitative estimate of drug-likeness (QED) is 0.923. The van der Waals surface area contributed by atoms with Gasteiger partial charge in [0, 0.05) is 17.1 Å². The van der Waals surface area contributed by atoms with Crippen LogP contribution in [0.1, 0.15) is 42.5 Å². The smallest absolute Gasteiger partial charge is 0.252 e. The maximum Gasteiger partial charge on any atom is 0.252 e. The number of hydrogen-bond donors (Lipinski definition) is 1. The Morgan fingerprint density at radius 3 is 2.90 bits per heavy atom. The molecular formula is C14H16ClFN4O. The Bertz CT molecular complexity index is 623. The van der Waals surface area contributed by atoms with E-state index in [1.54, 1.807) is 13.3 Å². The summed E-state index contributed by atoms with van der Waals surface area (Å²) in [5.74, 6) is -0.294. The summed E-state index contributed by atoms with van der Waals surface area (Å²) in [5.41, 5.74) is 0.174. The SMILES string of the molecule is CCCn1cnnc1C(C)NC(=O)c1cc(F)cc(Cl)c1. The van der Waals surface area contributed by atoms with Crippen molar-refractivity contribution in [3.05, 3.63) is 46.8 Å². The lowest BCUT2D eigenvalue weighted by Crippen LogP contribution is -2.28. The van der Waals surface area contributed by atoms with Crippen LogP contribution in [0.4, 0.5) is 4.39 Å². The maximum atomic E-state index is 13.3. The molecule has 0 saturated heterocycles. The van der Waals surface area contributed by atoms with Crippen LogP contribution < -0.4 is 5.32 Å². The van der Waals surface area contributed by atoms with E-state index in [9.17, 15) is 9.18 Å². The van der Waals surface area contributed by atoms with Crippen LogP contribution in [-0.2, 0) is 6.54 Å². The van der Waals surface area contributed by atoms with E-state index in [0.717, 1.165) is 25.1 Å². The first-order valence-corrected chi connectivity index (χ1v) is 7.03. The Balaban J connectivity index is 2.13. The van der Waals surface area contributed by atoms with Crippen molar-refractivity contribution in [2.75, 3.05) is 0 Å². The van der Waals surface area contributed by atoms with Crippen LogP contribution in [0, 0.1) is 5.82 Å². The second-order valence-electron chi connectivity index (χ2n) is 4.74. The second-order valence-corrected chi connectivity index (χ2v) is 5.17. The number of rotatable bonds is 5. The van der Waals surface area contributed by atoms with E-state index in [1.807, 2.05) is 11.5 Å². The third-order valence-corrected chi connectivity index (χ3v) is 3.19. The molecule has 21 heavy (non-hydrogen) atoms. The van der Waals surface area contributed by atoms with Gasteiger partial charge in [-0.2, -0.15) is 0 Å². The van der Waals surface area contributed by atoms with E-state index in [4.69, 9.17) is 11.6 Å². The fourth-order valence-electron chi connectivity index (χ4n) is 2.04. The molecule has 1 unspecified atom stereocenters. The number of halogens is 2.